The van der Waals surface area contributed by atoms with Crippen molar-refractivity contribution in [3.63, 3.8) is 0 Å². The van der Waals surface area contributed by atoms with Gasteiger partial charge in [-0.15, -0.1) is 0 Å². The Hall–Kier alpha value is -1.93. The molecule has 1 aromatic rings. The summed E-state index contributed by atoms with van der Waals surface area (Å²) < 4.78 is 0. The van der Waals surface area contributed by atoms with Gasteiger partial charge in [0.2, 0.25) is 6.08 Å². The Morgan fingerprint density at radius 2 is 1.94 bits per heavy atom. The molecule has 0 aliphatic heterocycles. The molecule has 0 atom stereocenters. The Balaban J connectivity index is 3.40. The number of amides is 1. The van der Waals surface area contributed by atoms with Crippen molar-refractivity contribution in [1.82, 2.24) is 4.90 Å². The fourth-order valence-corrected chi connectivity index (χ4v) is 1.53. The van der Waals surface area contributed by atoms with Crippen molar-refractivity contribution < 1.29 is 9.59 Å². The first-order chi connectivity index (χ1) is 7.49. The molecule has 0 aliphatic carbocycles. The van der Waals surface area contributed by atoms with Crippen LogP contribution in [0.2, 0.25) is 0 Å². The number of hydrogen-bond donors (Lipinski definition) is 0. The standard InChI is InChI=1S/C12H14N2O2/c1-8-5-6-10(12(16)14(3)4)9(2)11(8)13-7-15/h5-6H,1-4H3. The molecule has 0 radical (unpaired) electrons. The van der Waals surface area contributed by atoms with Gasteiger partial charge in [0.05, 0.1) is 5.69 Å². The van der Waals surface area contributed by atoms with Gasteiger partial charge in [-0.2, -0.15) is 4.99 Å². The summed E-state index contributed by atoms with van der Waals surface area (Å²) in [7, 11) is 3.37. The molecule has 1 rings (SSSR count). The highest BCUT2D eigenvalue weighted by Gasteiger charge is 2.14. The third-order valence-corrected chi connectivity index (χ3v) is 2.43. The molecule has 0 aromatic heterocycles. The van der Waals surface area contributed by atoms with E-state index < -0.39 is 0 Å². The van der Waals surface area contributed by atoms with Crippen LogP contribution in [-0.2, 0) is 4.79 Å². The Morgan fingerprint density at radius 3 is 2.44 bits per heavy atom. The number of carbonyl (C=O) groups is 1. The van der Waals surface area contributed by atoms with E-state index >= 15 is 0 Å². The van der Waals surface area contributed by atoms with E-state index in [1.54, 1.807) is 33.2 Å². The highest BCUT2D eigenvalue weighted by atomic mass is 16.2. The monoisotopic (exact) mass is 218 g/mol. The number of nitrogens with zero attached hydrogens (tertiary/aromatic N) is 2. The van der Waals surface area contributed by atoms with Crippen LogP contribution >= 0.6 is 0 Å². The fraction of sp³-hybridized carbons (Fsp3) is 0.333. The van der Waals surface area contributed by atoms with E-state index in [4.69, 9.17) is 0 Å². The molecule has 1 amide bonds. The first-order valence-corrected chi connectivity index (χ1v) is 4.88. The summed E-state index contributed by atoms with van der Waals surface area (Å²) in [4.78, 5) is 27.2. The number of isocyanates is 1. The van der Waals surface area contributed by atoms with Gasteiger partial charge in [-0.25, -0.2) is 4.79 Å². The zero-order chi connectivity index (χ0) is 12.3. The molecule has 0 saturated carbocycles. The smallest absolute Gasteiger partial charge is 0.253 e. The molecule has 4 nitrogen and oxygen atoms in total. The largest absolute Gasteiger partial charge is 0.345 e. The lowest BCUT2D eigenvalue weighted by Crippen LogP contribution is -2.22. The van der Waals surface area contributed by atoms with Crippen LogP contribution in [0.5, 0.6) is 0 Å². The summed E-state index contributed by atoms with van der Waals surface area (Å²) in [6.07, 6.45) is 1.51. The maximum absolute atomic E-state index is 11.8. The second-order valence-corrected chi connectivity index (χ2v) is 3.81. The summed E-state index contributed by atoms with van der Waals surface area (Å²) in [5.41, 5.74) is 2.66. The third-order valence-electron chi connectivity index (χ3n) is 2.43. The Kier molecular flexibility index (Phi) is 3.59. The molecular weight excluding hydrogens is 204 g/mol. The predicted octanol–water partition coefficient (Wildman–Crippen LogP) is 1.97. The highest BCUT2D eigenvalue weighted by molar-refractivity contribution is 5.96. The molecular formula is C12H14N2O2. The maximum Gasteiger partial charge on any atom is 0.253 e. The number of hydrogen-bond acceptors (Lipinski definition) is 3. The van der Waals surface area contributed by atoms with Crippen LogP contribution in [0.25, 0.3) is 0 Å². The van der Waals surface area contributed by atoms with Crippen LogP contribution in [-0.4, -0.2) is 31.0 Å². The van der Waals surface area contributed by atoms with Gasteiger partial charge in [-0.1, -0.05) is 6.07 Å². The molecule has 0 bridgehead atoms. The minimum Gasteiger partial charge on any atom is -0.345 e. The van der Waals surface area contributed by atoms with Gasteiger partial charge in [-0.05, 0) is 31.0 Å². The summed E-state index contributed by atoms with van der Waals surface area (Å²) >= 11 is 0. The zero-order valence-corrected chi connectivity index (χ0v) is 9.87. The molecule has 0 fully saturated rings. The predicted molar refractivity (Wildman–Crippen MR) is 61.7 cm³/mol. The number of carbonyl (C=O) groups excluding carboxylic acids is 2. The first kappa shape index (κ1) is 12.1. The second-order valence-electron chi connectivity index (χ2n) is 3.81. The van der Waals surface area contributed by atoms with Crippen LogP contribution in [0.3, 0.4) is 0 Å². The maximum atomic E-state index is 11.8. The Labute approximate surface area is 94.6 Å². The van der Waals surface area contributed by atoms with Crippen LogP contribution in [0, 0.1) is 13.8 Å². The molecule has 84 valence electrons. The van der Waals surface area contributed by atoms with Crippen LogP contribution in [0.1, 0.15) is 21.5 Å². The van der Waals surface area contributed by atoms with Crippen LogP contribution < -0.4 is 0 Å². The molecule has 0 unspecified atom stereocenters. The lowest BCUT2D eigenvalue weighted by molar-refractivity contribution is 0.0827. The van der Waals surface area contributed by atoms with Gasteiger partial charge in [-0.3, -0.25) is 4.79 Å². The minimum absolute atomic E-state index is 0.0974. The summed E-state index contributed by atoms with van der Waals surface area (Å²) in [5, 5.41) is 0. The SMILES string of the molecule is Cc1ccc(C(=O)N(C)C)c(C)c1N=C=O. The molecule has 0 N–H and O–H groups in total. The molecule has 0 spiro atoms. The van der Waals surface area contributed by atoms with E-state index in [9.17, 15) is 9.59 Å². The second kappa shape index (κ2) is 4.73. The molecule has 0 heterocycles. The van der Waals surface area contributed by atoms with Gasteiger partial charge in [0.25, 0.3) is 5.91 Å². The first-order valence-electron chi connectivity index (χ1n) is 4.88. The highest BCUT2D eigenvalue weighted by Crippen LogP contribution is 2.26. The van der Waals surface area contributed by atoms with E-state index in [1.807, 2.05) is 6.92 Å². The van der Waals surface area contributed by atoms with Crippen molar-refractivity contribution in [3.8, 4) is 0 Å². The van der Waals surface area contributed by atoms with Gasteiger partial charge in [0.1, 0.15) is 0 Å². The van der Waals surface area contributed by atoms with Crippen LogP contribution in [0.4, 0.5) is 5.69 Å². The lowest BCUT2D eigenvalue weighted by Gasteiger charge is -2.14. The number of aliphatic imine (C=N–C) groups is 1. The van der Waals surface area contributed by atoms with E-state index in [0.29, 0.717) is 16.8 Å². The van der Waals surface area contributed by atoms with Gasteiger partial charge in [0, 0.05) is 19.7 Å². The Bertz CT molecular complexity index is 472. The van der Waals surface area contributed by atoms with Crippen molar-refractivity contribution in [3.05, 3.63) is 28.8 Å². The lowest BCUT2D eigenvalue weighted by atomic mass is 10.0. The number of benzene rings is 1. The van der Waals surface area contributed by atoms with Crippen molar-refractivity contribution in [1.29, 1.82) is 0 Å². The van der Waals surface area contributed by atoms with Crippen LogP contribution in [0.15, 0.2) is 17.1 Å². The van der Waals surface area contributed by atoms with E-state index in [-0.39, 0.29) is 5.91 Å². The summed E-state index contributed by atoms with van der Waals surface area (Å²) in [6, 6.07) is 3.52. The van der Waals surface area contributed by atoms with E-state index in [1.165, 1.54) is 11.0 Å². The van der Waals surface area contributed by atoms with Crippen molar-refractivity contribution >= 4 is 17.7 Å². The topological polar surface area (TPSA) is 49.7 Å². The molecule has 0 aliphatic rings. The van der Waals surface area contributed by atoms with Gasteiger partial charge < -0.3 is 4.90 Å². The third kappa shape index (κ3) is 2.18. The fourth-order valence-electron chi connectivity index (χ4n) is 1.53. The average molecular weight is 218 g/mol. The van der Waals surface area contributed by atoms with Crippen molar-refractivity contribution in [2.75, 3.05) is 14.1 Å². The zero-order valence-electron chi connectivity index (χ0n) is 9.87. The molecule has 16 heavy (non-hydrogen) atoms. The molecule has 0 saturated heterocycles. The molecule has 1 aromatic carbocycles. The molecule has 4 heteroatoms. The van der Waals surface area contributed by atoms with E-state index in [0.717, 1.165) is 5.56 Å². The van der Waals surface area contributed by atoms with Crippen molar-refractivity contribution in [2.45, 2.75) is 13.8 Å². The Morgan fingerprint density at radius 1 is 1.31 bits per heavy atom. The van der Waals surface area contributed by atoms with Gasteiger partial charge >= 0.3 is 0 Å². The van der Waals surface area contributed by atoms with Gasteiger partial charge in [0.15, 0.2) is 0 Å². The normalized spacial score (nSPS) is 9.50. The quantitative estimate of drug-likeness (QED) is 0.563. The number of rotatable bonds is 2. The number of aryl methyl sites for hydroxylation is 1. The average Bonchev–Trinajstić information content (AvgIpc) is 2.23. The summed E-state index contributed by atoms with van der Waals surface area (Å²) in [5.74, 6) is -0.0974. The minimum atomic E-state index is -0.0974. The van der Waals surface area contributed by atoms with Crippen molar-refractivity contribution in [2.24, 2.45) is 4.99 Å². The van der Waals surface area contributed by atoms with E-state index in [2.05, 4.69) is 4.99 Å². The summed E-state index contributed by atoms with van der Waals surface area (Å²) in [6.45, 7) is 3.62.